The van der Waals surface area contributed by atoms with Crippen LogP contribution in [0.3, 0.4) is 0 Å². The van der Waals surface area contributed by atoms with Gasteiger partial charge in [-0.05, 0) is 53.2 Å². The third-order valence-corrected chi connectivity index (χ3v) is 4.20. The van der Waals surface area contributed by atoms with E-state index in [9.17, 15) is 4.79 Å². The summed E-state index contributed by atoms with van der Waals surface area (Å²) in [6.45, 7) is 0.469. The first-order chi connectivity index (χ1) is 11.1. The number of carbonyl (C=O) groups excluding carboxylic acids is 1. The standard InChI is InChI=1S/C17H13ClN2O2S/c18-13-5-1-12(2-6-13)10-22-14-7-3-11(4-8-14)9-15-16(21)20-17(19)23-15/h1-9H,10H2,(H2,19,20,21)/b15-9-. The number of amides is 1. The van der Waals surface area contributed by atoms with Crippen molar-refractivity contribution in [1.29, 1.82) is 0 Å². The Kier molecular flexibility index (Phi) is 4.69. The van der Waals surface area contributed by atoms with Crippen LogP contribution < -0.4 is 10.5 Å². The van der Waals surface area contributed by atoms with Crippen LogP contribution in [0.15, 0.2) is 58.4 Å². The van der Waals surface area contributed by atoms with Gasteiger partial charge in [-0.25, -0.2) is 0 Å². The van der Waals surface area contributed by atoms with E-state index in [0.29, 0.717) is 16.5 Å². The van der Waals surface area contributed by atoms with Crippen molar-refractivity contribution >= 4 is 40.5 Å². The van der Waals surface area contributed by atoms with Gasteiger partial charge in [-0.15, -0.1) is 0 Å². The van der Waals surface area contributed by atoms with Crippen LogP contribution in [-0.4, -0.2) is 11.1 Å². The Hall–Kier alpha value is -2.24. The molecular weight excluding hydrogens is 332 g/mol. The maximum absolute atomic E-state index is 11.5. The summed E-state index contributed by atoms with van der Waals surface area (Å²) < 4.78 is 5.72. The van der Waals surface area contributed by atoms with E-state index in [1.54, 1.807) is 6.08 Å². The van der Waals surface area contributed by atoms with E-state index in [-0.39, 0.29) is 11.1 Å². The Morgan fingerprint density at radius 3 is 2.43 bits per heavy atom. The summed E-state index contributed by atoms with van der Waals surface area (Å²) in [5.74, 6) is 0.457. The quantitative estimate of drug-likeness (QED) is 0.856. The van der Waals surface area contributed by atoms with Gasteiger partial charge in [-0.3, -0.25) is 4.79 Å². The number of ether oxygens (including phenoxy) is 1. The molecular formula is C17H13ClN2O2S. The summed E-state index contributed by atoms with van der Waals surface area (Å²) in [6.07, 6.45) is 1.76. The van der Waals surface area contributed by atoms with Crippen molar-refractivity contribution in [2.45, 2.75) is 6.61 Å². The van der Waals surface area contributed by atoms with Crippen LogP contribution in [0.4, 0.5) is 0 Å². The second kappa shape index (κ2) is 6.89. The largest absolute Gasteiger partial charge is 0.489 e. The lowest BCUT2D eigenvalue weighted by Gasteiger charge is -2.06. The zero-order valence-electron chi connectivity index (χ0n) is 12.0. The Labute approximate surface area is 143 Å². The minimum absolute atomic E-state index is 0.282. The van der Waals surface area contributed by atoms with E-state index in [0.717, 1.165) is 16.9 Å². The van der Waals surface area contributed by atoms with E-state index < -0.39 is 0 Å². The van der Waals surface area contributed by atoms with Gasteiger partial charge in [-0.2, -0.15) is 4.99 Å². The van der Waals surface area contributed by atoms with E-state index in [1.165, 1.54) is 11.8 Å². The zero-order chi connectivity index (χ0) is 16.2. The SMILES string of the molecule is NC1=NC(=O)/C(=C/c2ccc(OCc3ccc(Cl)cc3)cc2)S1. The van der Waals surface area contributed by atoms with Gasteiger partial charge in [0, 0.05) is 5.02 Å². The second-order valence-corrected chi connectivity index (χ2v) is 6.35. The number of carbonyl (C=O) groups is 1. The maximum atomic E-state index is 11.5. The van der Waals surface area contributed by atoms with Crippen LogP contribution in [0.1, 0.15) is 11.1 Å². The molecule has 1 aliphatic rings. The highest BCUT2D eigenvalue weighted by Crippen LogP contribution is 2.27. The number of amidine groups is 1. The Morgan fingerprint density at radius 2 is 1.83 bits per heavy atom. The number of halogens is 1. The maximum Gasteiger partial charge on any atom is 0.286 e. The van der Waals surface area contributed by atoms with Gasteiger partial charge in [0.15, 0.2) is 5.17 Å². The first kappa shape index (κ1) is 15.6. The molecule has 0 spiro atoms. The number of thioether (sulfide) groups is 1. The summed E-state index contributed by atoms with van der Waals surface area (Å²) in [7, 11) is 0. The summed E-state index contributed by atoms with van der Waals surface area (Å²) in [4.78, 5) is 15.7. The van der Waals surface area contributed by atoms with Gasteiger partial charge in [0.25, 0.3) is 5.91 Å². The van der Waals surface area contributed by atoms with E-state index >= 15 is 0 Å². The summed E-state index contributed by atoms with van der Waals surface area (Å²) in [6, 6.07) is 15.0. The average molecular weight is 345 g/mol. The van der Waals surface area contributed by atoms with E-state index in [1.807, 2.05) is 48.5 Å². The average Bonchev–Trinajstić information content (AvgIpc) is 2.86. The normalized spacial score (nSPS) is 15.8. The van der Waals surface area contributed by atoms with Crippen molar-refractivity contribution in [3.05, 3.63) is 69.6 Å². The van der Waals surface area contributed by atoms with Crippen molar-refractivity contribution in [3.8, 4) is 5.75 Å². The molecule has 1 aliphatic heterocycles. The number of nitrogens with zero attached hydrogens (tertiary/aromatic N) is 1. The molecule has 4 nitrogen and oxygen atoms in total. The highest BCUT2D eigenvalue weighted by atomic mass is 35.5. The fourth-order valence-electron chi connectivity index (χ4n) is 1.98. The lowest BCUT2D eigenvalue weighted by molar-refractivity contribution is -0.113. The first-order valence-corrected chi connectivity index (χ1v) is 8.05. The van der Waals surface area contributed by atoms with Crippen LogP contribution in [-0.2, 0) is 11.4 Å². The molecule has 3 rings (SSSR count). The highest BCUT2D eigenvalue weighted by molar-refractivity contribution is 8.18. The minimum atomic E-state index is -0.296. The van der Waals surface area contributed by atoms with Crippen LogP contribution in [0.25, 0.3) is 6.08 Å². The lowest BCUT2D eigenvalue weighted by Crippen LogP contribution is -2.01. The highest BCUT2D eigenvalue weighted by Gasteiger charge is 2.19. The molecule has 6 heteroatoms. The predicted molar refractivity (Wildman–Crippen MR) is 94.4 cm³/mol. The molecule has 2 N–H and O–H groups in total. The van der Waals surface area contributed by atoms with Crippen LogP contribution in [0.5, 0.6) is 5.75 Å². The molecule has 2 aromatic carbocycles. The van der Waals surface area contributed by atoms with E-state index in [2.05, 4.69) is 4.99 Å². The molecule has 0 saturated carbocycles. The molecule has 0 saturated heterocycles. The molecule has 0 aromatic heterocycles. The molecule has 0 bridgehead atoms. The zero-order valence-corrected chi connectivity index (χ0v) is 13.6. The molecule has 0 fully saturated rings. The summed E-state index contributed by atoms with van der Waals surface area (Å²) in [5, 5.41) is 0.985. The molecule has 1 heterocycles. The first-order valence-electron chi connectivity index (χ1n) is 6.85. The molecule has 0 unspecified atom stereocenters. The minimum Gasteiger partial charge on any atom is -0.489 e. The molecule has 1 amide bonds. The van der Waals surface area contributed by atoms with Crippen LogP contribution >= 0.6 is 23.4 Å². The monoisotopic (exact) mass is 344 g/mol. The van der Waals surface area contributed by atoms with Crippen molar-refractivity contribution < 1.29 is 9.53 Å². The summed E-state index contributed by atoms with van der Waals surface area (Å²) in [5.41, 5.74) is 7.46. The number of rotatable bonds is 4. The smallest absolute Gasteiger partial charge is 0.286 e. The number of benzene rings is 2. The van der Waals surface area contributed by atoms with Gasteiger partial charge in [0.1, 0.15) is 12.4 Å². The summed E-state index contributed by atoms with van der Waals surface area (Å²) >= 11 is 7.03. The molecule has 0 aliphatic carbocycles. The van der Waals surface area contributed by atoms with Gasteiger partial charge >= 0.3 is 0 Å². The van der Waals surface area contributed by atoms with Gasteiger partial charge in [-0.1, -0.05) is 35.9 Å². The van der Waals surface area contributed by atoms with Gasteiger partial charge in [0.05, 0.1) is 4.91 Å². The van der Waals surface area contributed by atoms with E-state index in [4.69, 9.17) is 22.1 Å². The fourth-order valence-corrected chi connectivity index (χ4v) is 2.79. The molecule has 23 heavy (non-hydrogen) atoms. The third kappa shape index (κ3) is 4.15. The Balaban J connectivity index is 1.62. The van der Waals surface area contributed by atoms with Crippen molar-refractivity contribution in [1.82, 2.24) is 0 Å². The van der Waals surface area contributed by atoms with Gasteiger partial charge < -0.3 is 10.5 Å². The van der Waals surface area contributed by atoms with Gasteiger partial charge in [0.2, 0.25) is 0 Å². The Morgan fingerprint density at radius 1 is 1.13 bits per heavy atom. The van der Waals surface area contributed by atoms with Crippen molar-refractivity contribution in [2.75, 3.05) is 0 Å². The van der Waals surface area contributed by atoms with Crippen molar-refractivity contribution in [2.24, 2.45) is 10.7 Å². The topological polar surface area (TPSA) is 64.7 Å². The molecule has 2 aromatic rings. The van der Waals surface area contributed by atoms with Crippen LogP contribution in [0, 0.1) is 0 Å². The molecule has 0 atom stereocenters. The van der Waals surface area contributed by atoms with Crippen molar-refractivity contribution in [3.63, 3.8) is 0 Å². The lowest BCUT2D eigenvalue weighted by atomic mass is 10.2. The number of hydrogen-bond acceptors (Lipinski definition) is 4. The predicted octanol–water partition coefficient (Wildman–Crippen LogP) is 3.85. The second-order valence-electron chi connectivity index (χ2n) is 4.85. The van der Waals surface area contributed by atoms with Crippen LogP contribution in [0.2, 0.25) is 5.02 Å². The molecule has 116 valence electrons. The Bertz CT molecular complexity index is 783. The number of aliphatic imine (C=N–C) groups is 1. The third-order valence-electron chi connectivity index (χ3n) is 3.13. The number of hydrogen-bond donors (Lipinski definition) is 1. The molecule has 0 radical (unpaired) electrons. The number of nitrogens with two attached hydrogens (primary N) is 1. The fraction of sp³-hybridized carbons (Fsp3) is 0.0588.